The second kappa shape index (κ2) is 10.9. The van der Waals surface area contributed by atoms with Crippen molar-refractivity contribution < 1.29 is 28.5 Å². The molecule has 0 spiro atoms. The van der Waals surface area contributed by atoms with Crippen LogP contribution in [0.15, 0.2) is 71.6 Å². The summed E-state index contributed by atoms with van der Waals surface area (Å²) in [6.45, 7) is 0.414. The maximum absolute atomic E-state index is 13.0. The topological polar surface area (TPSA) is 86.3 Å². The van der Waals surface area contributed by atoms with Crippen molar-refractivity contribution in [1.29, 1.82) is 0 Å². The molecule has 0 saturated carbocycles. The van der Waals surface area contributed by atoms with E-state index < -0.39 is 0 Å². The van der Waals surface area contributed by atoms with Crippen molar-refractivity contribution in [2.24, 2.45) is 0 Å². The fourth-order valence-electron chi connectivity index (χ4n) is 3.69. The molecule has 37 heavy (non-hydrogen) atoms. The molecular weight excluding hydrogens is 512 g/mol. The number of fused-ring (bicyclic) bond motifs is 1. The molecule has 0 radical (unpaired) electrons. The average Bonchev–Trinajstić information content (AvgIpc) is 3.48. The van der Waals surface area contributed by atoms with Gasteiger partial charge in [-0.15, -0.1) is 0 Å². The van der Waals surface area contributed by atoms with Crippen LogP contribution in [0, 0.1) is 0 Å². The minimum atomic E-state index is -0.277. The molecule has 8 nitrogen and oxygen atoms in total. The van der Waals surface area contributed by atoms with Gasteiger partial charge in [-0.2, -0.15) is 0 Å². The first-order valence-electron chi connectivity index (χ1n) is 11.3. The van der Waals surface area contributed by atoms with E-state index in [1.807, 2.05) is 30.3 Å². The molecule has 188 valence electrons. The van der Waals surface area contributed by atoms with E-state index in [9.17, 15) is 9.59 Å². The number of rotatable bonds is 8. The zero-order valence-electron chi connectivity index (χ0n) is 19.8. The molecule has 0 atom stereocenters. The number of ether oxygens (including phenoxy) is 4. The van der Waals surface area contributed by atoms with Gasteiger partial charge in [-0.05, 0) is 65.7 Å². The molecule has 2 heterocycles. The molecular formula is C27H22N2O6S2. The molecule has 1 saturated heterocycles. The Kier molecular flexibility index (Phi) is 7.29. The highest BCUT2D eigenvalue weighted by Crippen LogP contribution is 2.36. The van der Waals surface area contributed by atoms with Crippen LogP contribution in [0.3, 0.4) is 0 Å². The van der Waals surface area contributed by atoms with Gasteiger partial charge >= 0.3 is 0 Å². The Hall–Kier alpha value is -4.02. The maximum atomic E-state index is 13.0. The van der Waals surface area contributed by atoms with Gasteiger partial charge in [-0.25, -0.2) is 0 Å². The molecule has 0 aromatic heterocycles. The monoisotopic (exact) mass is 534 g/mol. The Labute approximate surface area is 223 Å². The normalized spacial score (nSPS) is 15.3. The average molecular weight is 535 g/mol. The summed E-state index contributed by atoms with van der Waals surface area (Å²) >= 11 is 6.72. The number of anilines is 1. The van der Waals surface area contributed by atoms with Crippen LogP contribution in [0.5, 0.6) is 23.0 Å². The van der Waals surface area contributed by atoms with Crippen LogP contribution in [0.4, 0.5) is 5.69 Å². The largest absolute Gasteiger partial charge is 0.497 e. The van der Waals surface area contributed by atoms with Crippen molar-refractivity contribution in [3.63, 3.8) is 0 Å². The van der Waals surface area contributed by atoms with E-state index in [0.29, 0.717) is 44.5 Å². The number of amides is 2. The molecule has 3 aromatic carbocycles. The summed E-state index contributed by atoms with van der Waals surface area (Å²) in [5.74, 6) is 2.18. The second-order valence-electron chi connectivity index (χ2n) is 8.09. The lowest BCUT2D eigenvalue weighted by atomic mass is 10.2. The van der Waals surface area contributed by atoms with Gasteiger partial charge in [-0.1, -0.05) is 42.2 Å². The number of benzene rings is 3. The standard InChI is InChI=1S/C27H22N2O6S2/c1-32-20-9-5-19(6-10-20)28-25(30)15-33-21-7-2-17(3-8-21)13-24-26(31)29(27(36)37-24)14-18-4-11-22-23(12-18)35-16-34-22/h2-13H,14-16H2,1H3,(H,28,30)/b24-13-. The number of carbonyl (C=O) groups is 2. The molecule has 10 heteroatoms. The molecule has 0 unspecified atom stereocenters. The van der Waals surface area contributed by atoms with Crippen molar-refractivity contribution in [3.05, 3.63) is 82.8 Å². The smallest absolute Gasteiger partial charge is 0.266 e. The van der Waals surface area contributed by atoms with Gasteiger partial charge in [0.1, 0.15) is 15.8 Å². The number of nitrogens with zero attached hydrogens (tertiary/aromatic N) is 1. The summed E-state index contributed by atoms with van der Waals surface area (Å²) in [6.07, 6.45) is 1.79. The van der Waals surface area contributed by atoms with Crippen LogP contribution in [0.2, 0.25) is 0 Å². The summed E-state index contributed by atoms with van der Waals surface area (Å²) in [5, 5.41) is 2.77. The first-order chi connectivity index (χ1) is 18.0. The van der Waals surface area contributed by atoms with Gasteiger partial charge in [0.25, 0.3) is 11.8 Å². The fraction of sp³-hybridized carbons (Fsp3) is 0.148. The third-order valence-corrected chi connectivity index (χ3v) is 6.95. The van der Waals surface area contributed by atoms with Crippen LogP contribution in [0.1, 0.15) is 11.1 Å². The molecule has 3 aromatic rings. The lowest BCUT2D eigenvalue weighted by Gasteiger charge is -2.14. The SMILES string of the molecule is COc1ccc(NC(=O)COc2ccc(/C=C3\SC(=S)N(Cc4ccc5c(c4)OCO5)C3=O)cc2)cc1. The third-order valence-electron chi connectivity index (χ3n) is 5.57. The van der Waals surface area contributed by atoms with Crippen molar-refractivity contribution in [3.8, 4) is 23.0 Å². The Morgan fingerprint density at radius 2 is 1.78 bits per heavy atom. The first kappa shape index (κ1) is 24.7. The van der Waals surface area contributed by atoms with Gasteiger partial charge in [0.15, 0.2) is 18.1 Å². The zero-order chi connectivity index (χ0) is 25.8. The van der Waals surface area contributed by atoms with Crippen LogP contribution in [-0.2, 0) is 16.1 Å². The maximum Gasteiger partial charge on any atom is 0.266 e. The van der Waals surface area contributed by atoms with Crippen molar-refractivity contribution in [2.75, 3.05) is 25.8 Å². The van der Waals surface area contributed by atoms with Crippen LogP contribution < -0.4 is 24.3 Å². The molecule has 2 amide bonds. The highest BCUT2D eigenvalue weighted by atomic mass is 32.2. The van der Waals surface area contributed by atoms with Crippen molar-refractivity contribution >= 4 is 51.9 Å². The summed E-state index contributed by atoms with van der Waals surface area (Å²) < 4.78 is 22.0. The van der Waals surface area contributed by atoms with Gasteiger partial charge in [-0.3, -0.25) is 14.5 Å². The van der Waals surface area contributed by atoms with Crippen LogP contribution >= 0.6 is 24.0 Å². The van der Waals surface area contributed by atoms with Crippen LogP contribution in [-0.4, -0.2) is 41.5 Å². The lowest BCUT2D eigenvalue weighted by Crippen LogP contribution is -2.27. The number of hydrogen-bond donors (Lipinski definition) is 1. The number of carbonyl (C=O) groups excluding carboxylic acids is 2. The van der Waals surface area contributed by atoms with E-state index in [0.717, 1.165) is 11.1 Å². The Morgan fingerprint density at radius 3 is 2.54 bits per heavy atom. The molecule has 1 fully saturated rings. The highest BCUT2D eigenvalue weighted by Gasteiger charge is 2.32. The van der Waals surface area contributed by atoms with Gasteiger partial charge in [0, 0.05) is 5.69 Å². The van der Waals surface area contributed by atoms with Crippen molar-refractivity contribution in [2.45, 2.75) is 6.54 Å². The molecule has 5 rings (SSSR count). The van der Waals surface area contributed by atoms with E-state index in [1.165, 1.54) is 11.8 Å². The van der Waals surface area contributed by atoms with Gasteiger partial charge in [0.05, 0.1) is 18.6 Å². The summed E-state index contributed by atoms with van der Waals surface area (Å²) in [4.78, 5) is 27.3. The number of thiocarbonyl (C=S) groups is 1. The van der Waals surface area contributed by atoms with Crippen LogP contribution in [0.25, 0.3) is 6.08 Å². The first-order valence-corrected chi connectivity index (χ1v) is 12.5. The molecule has 0 aliphatic carbocycles. The van der Waals surface area contributed by atoms with Crippen molar-refractivity contribution in [1.82, 2.24) is 4.90 Å². The molecule has 2 aliphatic rings. The third kappa shape index (κ3) is 5.87. The number of thioether (sulfide) groups is 1. The summed E-state index contributed by atoms with van der Waals surface area (Å²) in [6, 6.07) is 19.8. The van der Waals surface area contributed by atoms with E-state index in [1.54, 1.807) is 54.5 Å². The van der Waals surface area contributed by atoms with E-state index in [4.69, 9.17) is 31.2 Å². The Bertz CT molecular complexity index is 1370. The Balaban J connectivity index is 1.16. The predicted octanol–water partition coefficient (Wildman–Crippen LogP) is 4.84. The van der Waals surface area contributed by atoms with Gasteiger partial charge < -0.3 is 24.3 Å². The lowest BCUT2D eigenvalue weighted by molar-refractivity contribution is -0.122. The number of hydrogen-bond acceptors (Lipinski definition) is 8. The molecule has 2 aliphatic heterocycles. The summed E-state index contributed by atoms with van der Waals surface area (Å²) in [7, 11) is 1.58. The van der Waals surface area contributed by atoms with Gasteiger partial charge in [0.2, 0.25) is 6.79 Å². The highest BCUT2D eigenvalue weighted by molar-refractivity contribution is 8.26. The van der Waals surface area contributed by atoms with E-state index in [2.05, 4.69) is 5.32 Å². The zero-order valence-corrected chi connectivity index (χ0v) is 21.4. The predicted molar refractivity (Wildman–Crippen MR) is 145 cm³/mol. The number of methoxy groups -OCH3 is 1. The van der Waals surface area contributed by atoms with E-state index >= 15 is 0 Å². The molecule has 0 bridgehead atoms. The quantitative estimate of drug-likeness (QED) is 0.325. The minimum Gasteiger partial charge on any atom is -0.497 e. The van der Waals surface area contributed by atoms with E-state index in [-0.39, 0.29) is 25.2 Å². The summed E-state index contributed by atoms with van der Waals surface area (Å²) in [5.41, 5.74) is 2.37. The minimum absolute atomic E-state index is 0.135. The fourth-order valence-corrected chi connectivity index (χ4v) is 4.95. The number of nitrogens with one attached hydrogen (secondary N) is 1. The Morgan fingerprint density at radius 1 is 1.05 bits per heavy atom. The second-order valence-corrected chi connectivity index (χ2v) is 9.77. The molecule has 1 N–H and O–H groups in total.